The molecule has 2 atom stereocenters. The Morgan fingerprint density at radius 1 is 1.26 bits per heavy atom. The number of ether oxygens (including phenoxy) is 1. The maximum absolute atomic E-state index is 12.0. The Hall–Kier alpha value is -1.61. The third-order valence-electron chi connectivity index (χ3n) is 3.75. The number of nitrogens with one attached hydrogen (secondary N) is 1. The molecule has 19 heavy (non-hydrogen) atoms. The summed E-state index contributed by atoms with van der Waals surface area (Å²) in [4.78, 5) is 12.0. The Balaban J connectivity index is 1.49. The van der Waals surface area contributed by atoms with Gasteiger partial charge in [0.15, 0.2) is 6.10 Å². The summed E-state index contributed by atoms with van der Waals surface area (Å²) >= 11 is 0. The number of hydrogen-bond donors (Lipinski definition) is 1. The van der Waals surface area contributed by atoms with Crippen molar-refractivity contribution in [1.29, 1.82) is 0 Å². The van der Waals surface area contributed by atoms with Crippen molar-refractivity contribution in [2.24, 2.45) is 0 Å². The molecule has 1 aromatic rings. The Kier molecular flexibility index (Phi) is 3.65. The molecule has 0 aromatic heterocycles. The van der Waals surface area contributed by atoms with Crippen molar-refractivity contribution < 1.29 is 9.53 Å². The molecule has 0 saturated carbocycles. The molecule has 0 unspecified atom stereocenters. The lowest BCUT2D eigenvalue weighted by molar-refractivity contribution is -0.122. The first-order valence-electron chi connectivity index (χ1n) is 7.00. The minimum atomic E-state index is -0.256. The monoisotopic (exact) mass is 257 g/mol. The Bertz CT molecular complexity index is 481. The second-order valence-corrected chi connectivity index (χ2v) is 5.21. The van der Waals surface area contributed by atoms with Gasteiger partial charge in [-0.15, -0.1) is 0 Å². The molecule has 3 rings (SSSR count). The van der Waals surface area contributed by atoms with E-state index in [1.165, 1.54) is 18.4 Å². The van der Waals surface area contributed by atoms with Crippen molar-refractivity contribution in [3.05, 3.63) is 47.5 Å². The maximum atomic E-state index is 12.0. The number of hydrogen-bond acceptors (Lipinski definition) is 2. The quantitative estimate of drug-likeness (QED) is 0.665. The standard InChI is InChI=1S/C16H19NO2/c18-16(17-11-12-7-3-1-4-8-12)15-14(19-15)13-9-5-2-6-10-13/h1,3-4,7-9,14-15H,2,5-6,10-11H2,(H,17,18)/t14-,15+/m0/s1. The second-order valence-electron chi connectivity index (χ2n) is 5.21. The Morgan fingerprint density at radius 2 is 2.11 bits per heavy atom. The van der Waals surface area contributed by atoms with E-state index < -0.39 is 0 Å². The van der Waals surface area contributed by atoms with Crippen LogP contribution in [0, 0.1) is 0 Å². The van der Waals surface area contributed by atoms with Crippen LogP contribution in [-0.4, -0.2) is 18.1 Å². The van der Waals surface area contributed by atoms with Crippen molar-refractivity contribution in [1.82, 2.24) is 5.32 Å². The summed E-state index contributed by atoms with van der Waals surface area (Å²) in [6.07, 6.45) is 6.76. The maximum Gasteiger partial charge on any atom is 0.252 e. The van der Waals surface area contributed by atoms with Crippen LogP contribution >= 0.6 is 0 Å². The van der Waals surface area contributed by atoms with Gasteiger partial charge in [0.2, 0.25) is 0 Å². The second kappa shape index (κ2) is 5.57. The molecule has 3 heteroatoms. The van der Waals surface area contributed by atoms with Gasteiger partial charge in [0, 0.05) is 6.54 Å². The Morgan fingerprint density at radius 3 is 2.84 bits per heavy atom. The molecule has 1 aliphatic heterocycles. The van der Waals surface area contributed by atoms with Crippen LogP contribution in [0.5, 0.6) is 0 Å². The summed E-state index contributed by atoms with van der Waals surface area (Å²) in [7, 11) is 0. The van der Waals surface area contributed by atoms with E-state index in [2.05, 4.69) is 11.4 Å². The Labute approximate surface area is 113 Å². The van der Waals surface area contributed by atoms with Gasteiger partial charge in [-0.2, -0.15) is 0 Å². The van der Waals surface area contributed by atoms with Crippen molar-refractivity contribution in [3.8, 4) is 0 Å². The summed E-state index contributed by atoms with van der Waals surface area (Å²) in [6, 6.07) is 9.95. The number of allylic oxidation sites excluding steroid dienone is 1. The van der Waals surface area contributed by atoms with E-state index in [9.17, 15) is 4.79 Å². The van der Waals surface area contributed by atoms with E-state index >= 15 is 0 Å². The zero-order valence-corrected chi connectivity index (χ0v) is 11.0. The number of amides is 1. The number of benzene rings is 1. The van der Waals surface area contributed by atoms with Crippen molar-refractivity contribution >= 4 is 5.91 Å². The molecule has 3 nitrogen and oxygen atoms in total. The van der Waals surface area contributed by atoms with Gasteiger partial charge < -0.3 is 10.1 Å². The van der Waals surface area contributed by atoms with Crippen LogP contribution in [-0.2, 0) is 16.1 Å². The highest BCUT2D eigenvalue weighted by Gasteiger charge is 2.46. The average Bonchev–Trinajstić information content (AvgIpc) is 3.27. The molecule has 1 N–H and O–H groups in total. The first-order chi connectivity index (χ1) is 9.34. The number of carbonyl (C=O) groups excluding carboxylic acids is 1. The van der Waals surface area contributed by atoms with E-state index in [1.807, 2.05) is 30.3 Å². The van der Waals surface area contributed by atoms with Crippen LogP contribution in [0.4, 0.5) is 0 Å². The van der Waals surface area contributed by atoms with Gasteiger partial charge in [0.05, 0.1) is 0 Å². The van der Waals surface area contributed by atoms with E-state index in [-0.39, 0.29) is 18.1 Å². The average molecular weight is 257 g/mol. The number of epoxide rings is 1. The zero-order chi connectivity index (χ0) is 13.1. The highest BCUT2D eigenvalue weighted by molar-refractivity contribution is 5.84. The smallest absolute Gasteiger partial charge is 0.252 e. The fourth-order valence-electron chi connectivity index (χ4n) is 2.60. The van der Waals surface area contributed by atoms with E-state index in [4.69, 9.17) is 4.74 Å². The van der Waals surface area contributed by atoms with Crippen LogP contribution in [0.15, 0.2) is 42.0 Å². The molecule has 1 aromatic carbocycles. The van der Waals surface area contributed by atoms with Gasteiger partial charge in [-0.1, -0.05) is 36.4 Å². The molecule has 1 saturated heterocycles. The lowest BCUT2D eigenvalue weighted by Gasteiger charge is -2.09. The molecule has 1 aliphatic carbocycles. The first-order valence-corrected chi connectivity index (χ1v) is 7.00. The lowest BCUT2D eigenvalue weighted by atomic mass is 9.96. The molecule has 1 fully saturated rings. The molecular weight excluding hydrogens is 238 g/mol. The van der Waals surface area contributed by atoms with Gasteiger partial charge >= 0.3 is 0 Å². The first kappa shape index (κ1) is 12.4. The number of rotatable bonds is 4. The third-order valence-corrected chi connectivity index (χ3v) is 3.75. The lowest BCUT2D eigenvalue weighted by Crippen LogP contribution is -2.28. The van der Waals surface area contributed by atoms with Crippen molar-refractivity contribution in [2.75, 3.05) is 0 Å². The third kappa shape index (κ3) is 3.04. The topological polar surface area (TPSA) is 41.6 Å². The highest BCUT2D eigenvalue weighted by Crippen LogP contribution is 2.34. The normalized spacial score (nSPS) is 25.6. The molecule has 0 radical (unpaired) electrons. The predicted octanol–water partition coefficient (Wildman–Crippen LogP) is 2.57. The largest absolute Gasteiger partial charge is 0.354 e. The fourth-order valence-corrected chi connectivity index (χ4v) is 2.60. The van der Waals surface area contributed by atoms with Crippen LogP contribution in [0.1, 0.15) is 31.2 Å². The van der Waals surface area contributed by atoms with E-state index in [1.54, 1.807) is 0 Å². The zero-order valence-electron chi connectivity index (χ0n) is 11.0. The molecule has 0 spiro atoms. The summed E-state index contributed by atoms with van der Waals surface area (Å²) < 4.78 is 5.53. The van der Waals surface area contributed by atoms with Crippen LogP contribution in [0.3, 0.4) is 0 Å². The predicted molar refractivity (Wildman–Crippen MR) is 73.5 cm³/mol. The van der Waals surface area contributed by atoms with Crippen LogP contribution in [0.2, 0.25) is 0 Å². The van der Waals surface area contributed by atoms with Crippen LogP contribution in [0.25, 0.3) is 0 Å². The van der Waals surface area contributed by atoms with Gasteiger partial charge in [0.1, 0.15) is 6.10 Å². The molecule has 1 amide bonds. The van der Waals surface area contributed by atoms with Crippen molar-refractivity contribution in [3.63, 3.8) is 0 Å². The summed E-state index contributed by atoms with van der Waals surface area (Å²) in [5, 5.41) is 2.94. The molecule has 2 aliphatic rings. The molecule has 1 heterocycles. The molecular formula is C16H19NO2. The molecule has 0 bridgehead atoms. The summed E-state index contributed by atoms with van der Waals surface area (Å²) in [5.41, 5.74) is 2.44. The van der Waals surface area contributed by atoms with Gasteiger partial charge in [0.25, 0.3) is 5.91 Å². The van der Waals surface area contributed by atoms with Gasteiger partial charge in [-0.3, -0.25) is 4.79 Å². The highest BCUT2D eigenvalue weighted by atomic mass is 16.6. The minimum absolute atomic E-state index is 0.0142. The number of carbonyl (C=O) groups is 1. The van der Waals surface area contributed by atoms with E-state index in [0.29, 0.717) is 6.54 Å². The summed E-state index contributed by atoms with van der Waals surface area (Å²) in [5.74, 6) is 0.0142. The van der Waals surface area contributed by atoms with Gasteiger partial charge in [-0.25, -0.2) is 0 Å². The van der Waals surface area contributed by atoms with E-state index in [0.717, 1.165) is 18.4 Å². The summed E-state index contributed by atoms with van der Waals surface area (Å²) in [6.45, 7) is 0.575. The fraction of sp³-hybridized carbons (Fsp3) is 0.438. The van der Waals surface area contributed by atoms with Gasteiger partial charge in [-0.05, 0) is 36.8 Å². The molecule has 100 valence electrons. The van der Waals surface area contributed by atoms with Crippen molar-refractivity contribution in [2.45, 2.75) is 44.4 Å². The van der Waals surface area contributed by atoms with Crippen LogP contribution < -0.4 is 5.32 Å². The SMILES string of the molecule is O=C(NCc1ccccc1)[C@@H]1O[C@H]1C1=CCCCC1. The minimum Gasteiger partial charge on any atom is -0.354 e.